The van der Waals surface area contributed by atoms with Gasteiger partial charge in [-0.15, -0.1) is 0 Å². The summed E-state index contributed by atoms with van der Waals surface area (Å²) < 4.78 is 41.6. The summed E-state index contributed by atoms with van der Waals surface area (Å²) in [4.78, 5) is 35.6. The first-order valence-corrected chi connectivity index (χ1v) is 13.0. The second-order valence-corrected chi connectivity index (χ2v) is 9.58. The lowest BCUT2D eigenvalue weighted by molar-refractivity contribution is 0.0990. The molecule has 9 heteroatoms. The number of rotatable bonds is 8. The van der Waals surface area contributed by atoms with Gasteiger partial charge in [0.1, 0.15) is 11.3 Å². The molecule has 0 spiro atoms. The summed E-state index contributed by atoms with van der Waals surface area (Å²) in [6.45, 7) is 5.96. The molecule has 0 radical (unpaired) electrons. The molecule has 0 N–H and O–H groups in total. The van der Waals surface area contributed by atoms with E-state index in [0.717, 1.165) is 5.56 Å². The van der Waals surface area contributed by atoms with Crippen LogP contribution in [0.25, 0.3) is 22.2 Å². The van der Waals surface area contributed by atoms with Gasteiger partial charge in [-0.2, -0.15) is 0 Å². The predicted molar refractivity (Wildman–Crippen MR) is 152 cm³/mol. The Balaban J connectivity index is 1.44. The van der Waals surface area contributed by atoms with Gasteiger partial charge in [-0.05, 0) is 62.2 Å². The second kappa shape index (κ2) is 11.3. The molecule has 0 amide bonds. The van der Waals surface area contributed by atoms with Gasteiger partial charge in [0.2, 0.25) is 5.88 Å². The Kier molecular flexibility index (Phi) is 7.61. The molecule has 0 aliphatic carbocycles. The molecule has 0 aliphatic heterocycles. The van der Waals surface area contributed by atoms with Crippen molar-refractivity contribution in [2.75, 3.05) is 7.11 Å². The molecule has 5 rings (SSSR count). The van der Waals surface area contributed by atoms with Crippen molar-refractivity contribution in [2.45, 2.75) is 33.7 Å². The molecule has 5 aromatic rings. The largest absolute Gasteiger partial charge is 0.481 e. The van der Waals surface area contributed by atoms with E-state index in [1.165, 1.54) is 43.5 Å². The van der Waals surface area contributed by atoms with Gasteiger partial charge < -0.3 is 14.0 Å². The number of benzene rings is 2. The van der Waals surface area contributed by atoms with E-state index >= 15 is 4.39 Å². The van der Waals surface area contributed by atoms with Crippen molar-refractivity contribution in [1.82, 2.24) is 14.5 Å². The average molecular weight is 556 g/mol. The smallest absolute Gasteiger partial charge is 0.216 e. The van der Waals surface area contributed by atoms with Crippen LogP contribution < -0.4 is 14.9 Å². The first-order chi connectivity index (χ1) is 19.7. The molecule has 0 atom stereocenters. The lowest BCUT2D eigenvalue weighted by Gasteiger charge is -2.15. The van der Waals surface area contributed by atoms with Crippen LogP contribution in [-0.4, -0.2) is 27.4 Å². The maximum absolute atomic E-state index is 15.2. The number of carbonyl (C=O) groups excluding carboxylic acids is 1. The molecule has 0 bridgehead atoms. The Hall–Kier alpha value is -4.92. The number of pyridine rings is 3. The summed E-state index contributed by atoms with van der Waals surface area (Å²) in [5, 5.41) is 0. The van der Waals surface area contributed by atoms with Crippen LogP contribution in [0.2, 0.25) is 0 Å². The zero-order chi connectivity index (χ0) is 29.3. The summed E-state index contributed by atoms with van der Waals surface area (Å²) in [7, 11) is 1.51. The van der Waals surface area contributed by atoms with Gasteiger partial charge >= 0.3 is 0 Å². The van der Waals surface area contributed by atoms with Gasteiger partial charge in [-0.1, -0.05) is 18.2 Å². The normalized spacial score (nSPS) is 11.1. The van der Waals surface area contributed by atoms with Crippen LogP contribution in [-0.2, 0) is 13.0 Å². The highest BCUT2D eigenvalue weighted by molar-refractivity contribution is 5.99. The standard InChI is InChI=1S/C32H27F2N3O4/c1-5-37-17-23(21-7-9-22(33)10-8-21)31(39)29(19(37)3)26(38)16-20-6-11-27(24(34)15-20)41-28-12-13-35-25-14-18(2)32(40-4)36-30(25)28/h6-15,17H,5,16H2,1-4H3. The number of ether oxygens (including phenoxy) is 2. The second-order valence-electron chi connectivity index (χ2n) is 9.58. The number of carbonyl (C=O) groups is 1. The quantitative estimate of drug-likeness (QED) is 0.201. The minimum atomic E-state index is -0.679. The molecular formula is C32H27F2N3O4. The zero-order valence-electron chi connectivity index (χ0n) is 23.0. The maximum atomic E-state index is 15.2. The van der Waals surface area contributed by atoms with Crippen LogP contribution >= 0.6 is 0 Å². The molecule has 7 nitrogen and oxygen atoms in total. The van der Waals surface area contributed by atoms with E-state index in [1.807, 2.05) is 13.8 Å². The molecule has 3 aromatic heterocycles. The van der Waals surface area contributed by atoms with Crippen LogP contribution in [0, 0.1) is 25.5 Å². The lowest BCUT2D eigenvalue weighted by atomic mass is 9.97. The number of hydrogen-bond donors (Lipinski definition) is 0. The Morgan fingerprint density at radius 1 is 1.00 bits per heavy atom. The highest BCUT2D eigenvalue weighted by atomic mass is 19.1. The first-order valence-electron chi connectivity index (χ1n) is 13.0. The van der Waals surface area contributed by atoms with E-state index in [2.05, 4.69) is 9.97 Å². The number of nitrogens with zero attached hydrogens (tertiary/aromatic N) is 3. The molecular weight excluding hydrogens is 528 g/mol. The summed E-state index contributed by atoms with van der Waals surface area (Å²) in [6, 6.07) is 13.1. The van der Waals surface area contributed by atoms with Gasteiger partial charge in [0.15, 0.2) is 28.5 Å². The highest BCUT2D eigenvalue weighted by Crippen LogP contribution is 2.32. The van der Waals surface area contributed by atoms with Crippen molar-refractivity contribution in [2.24, 2.45) is 0 Å². The van der Waals surface area contributed by atoms with Gasteiger partial charge in [-0.25, -0.2) is 13.8 Å². The third kappa shape index (κ3) is 5.43. The number of aryl methyl sites for hydroxylation is 2. The predicted octanol–water partition coefficient (Wildman–Crippen LogP) is 6.60. The summed E-state index contributed by atoms with van der Waals surface area (Å²) >= 11 is 0. The molecule has 2 aromatic carbocycles. The third-order valence-electron chi connectivity index (χ3n) is 6.92. The van der Waals surface area contributed by atoms with Gasteiger partial charge in [-0.3, -0.25) is 14.6 Å². The molecule has 208 valence electrons. The van der Waals surface area contributed by atoms with Gasteiger partial charge in [0.05, 0.1) is 18.2 Å². The van der Waals surface area contributed by atoms with Crippen LogP contribution in [0.5, 0.6) is 17.4 Å². The average Bonchev–Trinajstić information content (AvgIpc) is 2.95. The van der Waals surface area contributed by atoms with Crippen molar-refractivity contribution in [3.05, 3.63) is 111 Å². The molecule has 0 fully saturated rings. The number of methoxy groups -OCH3 is 1. The van der Waals surface area contributed by atoms with Crippen LogP contribution in [0.1, 0.15) is 34.1 Å². The molecule has 3 heterocycles. The van der Waals surface area contributed by atoms with Crippen LogP contribution in [0.3, 0.4) is 0 Å². The van der Waals surface area contributed by atoms with E-state index in [-0.39, 0.29) is 17.7 Å². The fourth-order valence-corrected chi connectivity index (χ4v) is 4.79. The lowest BCUT2D eigenvalue weighted by Crippen LogP contribution is -2.24. The van der Waals surface area contributed by atoms with Gasteiger partial charge in [0.25, 0.3) is 0 Å². The number of ketones is 1. The SMILES string of the molecule is CCn1cc(-c2ccc(F)cc2)c(=O)c(C(=O)Cc2ccc(Oc3ccnc4cc(C)c(OC)nc34)c(F)c2)c1C. The third-order valence-corrected chi connectivity index (χ3v) is 6.92. The number of hydrogen-bond acceptors (Lipinski definition) is 6. The van der Waals surface area contributed by atoms with Crippen LogP contribution in [0.15, 0.2) is 71.8 Å². The topological polar surface area (TPSA) is 83.3 Å². The molecule has 0 saturated carbocycles. The van der Waals surface area contributed by atoms with Crippen molar-refractivity contribution < 1.29 is 23.0 Å². The Morgan fingerprint density at radius 3 is 2.44 bits per heavy atom. The Labute approximate surface area is 235 Å². The Bertz CT molecular complexity index is 1850. The van der Waals surface area contributed by atoms with Crippen LogP contribution in [0.4, 0.5) is 8.78 Å². The monoisotopic (exact) mass is 555 g/mol. The first kappa shape index (κ1) is 27.6. The fourth-order valence-electron chi connectivity index (χ4n) is 4.79. The molecule has 0 saturated heterocycles. The number of aromatic nitrogens is 3. The van der Waals surface area contributed by atoms with E-state index < -0.39 is 22.8 Å². The van der Waals surface area contributed by atoms with E-state index in [4.69, 9.17) is 9.47 Å². The van der Waals surface area contributed by atoms with Crippen molar-refractivity contribution >= 4 is 16.8 Å². The summed E-state index contributed by atoms with van der Waals surface area (Å²) in [5.41, 5.74) is 3.04. The highest BCUT2D eigenvalue weighted by Gasteiger charge is 2.21. The number of Topliss-reactive ketones (excluding diaryl/α,β-unsaturated/α-hetero) is 1. The zero-order valence-corrected chi connectivity index (χ0v) is 23.0. The number of fused-ring (bicyclic) bond motifs is 1. The molecule has 41 heavy (non-hydrogen) atoms. The van der Waals surface area contributed by atoms with E-state index in [0.29, 0.717) is 51.6 Å². The fraction of sp³-hybridized carbons (Fsp3) is 0.188. The van der Waals surface area contributed by atoms with Crippen molar-refractivity contribution in [1.29, 1.82) is 0 Å². The molecule has 0 aliphatic rings. The summed E-state index contributed by atoms with van der Waals surface area (Å²) in [6.07, 6.45) is 3.02. The summed E-state index contributed by atoms with van der Waals surface area (Å²) in [5.74, 6) is -0.904. The van der Waals surface area contributed by atoms with E-state index in [1.54, 1.807) is 42.1 Å². The van der Waals surface area contributed by atoms with E-state index in [9.17, 15) is 14.0 Å². The maximum Gasteiger partial charge on any atom is 0.216 e. The van der Waals surface area contributed by atoms with Gasteiger partial charge in [0, 0.05) is 48.2 Å². The minimum Gasteiger partial charge on any atom is -0.481 e. The minimum absolute atomic E-state index is 0.0213. The van der Waals surface area contributed by atoms with Crippen molar-refractivity contribution in [3.63, 3.8) is 0 Å². The van der Waals surface area contributed by atoms with Crippen molar-refractivity contribution in [3.8, 4) is 28.5 Å². The number of halogens is 2. The molecule has 0 unspecified atom stereocenters. The Morgan fingerprint density at radius 2 is 1.76 bits per heavy atom.